The van der Waals surface area contributed by atoms with Gasteiger partial charge in [-0.1, -0.05) is 0 Å². The predicted molar refractivity (Wildman–Crippen MR) is 50.5 cm³/mol. The summed E-state index contributed by atoms with van der Waals surface area (Å²) in [7, 11) is 0. The van der Waals surface area contributed by atoms with E-state index in [2.05, 4.69) is 10.3 Å². The van der Waals surface area contributed by atoms with Crippen LogP contribution in [0.1, 0.15) is 22.8 Å². The van der Waals surface area contributed by atoms with Gasteiger partial charge in [0.15, 0.2) is 0 Å². The SMILES string of the molecule is CCONC(=O)c1ccc(C(F)(F)F)cc1. The maximum atomic E-state index is 12.2. The van der Waals surface area contributed by atoms with Gasteiger partial charge in [-0.25, -0.2) is 5.48 Å². The van der Waals surface area contributed by atoms with Crippen molar-refractivity contribution in [3.05, 3.63) is 35.4 Å². The number of halogens is 3. The summed E-state index contributed by atoms with van der Waals surface area (Å²) in [6.07, 6.45) is -4.39. The van der Waals surface area contributed by atoms with Crippen molar-refractivity contribution in [3.8, 4) is 0 Å². The molecular formula is C10H10F3NO2. The fraction of sp³-hybridized carbons (Fsp3) is 0.300. The lowest BCUT2D eigenvalue weighted by Gasteiger charge is -2.07. The minimum absolute atomic E-state index is 0.112. The van der Waals surface area contributed by atoms with E-state index >= 15 is 0 Å². The molecule has 6 heteroatoms. The molecule has 88 valence electrons. The summed E-state index contributed by atoms with van der Waals surface area (Å²) in [4.78, 5) is 15.9. The molecule has 1 rings (SSSR count). The molecule has 1 N–H and O–H groups in total. The average Bonchev–Trinajstić information content (AvgIpc) is 2.25. The Morgan fingerprint density at radius 3 is 2.31 bits per heavy atom. The zero-order chi connectivity index (χ0) is 12.2. The third kappa shape index (κ3) is 3.23. The number of carbonyl (C=O) groups excluding carboxylic acids is 1. The Balaban J connectivity index is 2.75. The van der Waals surface area contributed by atoms with E-state index in [1.54, 1.807) is 6.92 Å². The third-order valence-corrected chi connectivity index (χ3v) is 1.78. The van der Waals surface area contributed by atoms with Crippen molar-refractivity contribution in [2.45, 2.75) is 13.1 Å². The van der Waals surface area contributed by atoms with Crippen LogP contribution >= 0.6 is 0 Å². The van der Waals surface area contributed by atoms with Crippen LogP contribution in [0.25, 0.3) is 0 Å². The van der Waals surface area contributed by atoms with Gasteiger partial charge in [-0.3, -0.25) is 9.63 Å². The quantitative estimate of drug-likeness (QED) is 0.814. The number of amides is 1. The summed E-state index contributed by atoms with van der Waals surface area (Å²) in [5.41, 5.74) is 1.41. The molecule has 1 aromatic carbocycles. The number of alkyl halides is 3. The van der Waals surface area contributed by atoms with E-state index in [1.807, 2.05) is 0 Å². The van der Waals surface area contributed by atoms with Crippen molar-refractivity contribution < 1.29 is 22.8 Å². The zero-order valence-electron chi connectivity index (χ0n) is 8.47. The van der Waals surface area contributed by atoms with Crippen LogP contribution < -0.4 is 5.48 Å². The molecule has 0 radical (unpaired) electrons. The highest BCUT2D eigenvalue weighted by atomic mass is 19.4. The van der Waals surface area contributed by atoms with Crippen molar-refractivity contribution in [1.29, 1.82) is 0 Å². The highest BCUT2D eigenvalue weighted by Gasteiger charge is 2.30. The van der Waals surface area contributed by atoms with Crippen LogP contribution in [0.15, 0.2) is 24.3 Å². The van der Waals surface area contributed by atoms with E-state index in [9.17, 15) is 18.0 Å². The van der Waals surface area contributed by atoms with Crippen LogP contribution in [0, 0.1) is 0 Å². The average molecular weight is 233 g/mol. The summed E-state index contributed by atoms with van der Waals surface area (Å²) in [5, 5.41) is 0. The van der Waals surface area contributed by atoms with Crippen molar-refractivity contribution in [2.75, 3.05) is 6.61 Å². The molecule has 3 nitrogen and oxygen atoms in total. The first kappa shape index (κ1) is 12.5. The lowest BCUT2D eigenvalue weighted by atomic mass is 10.1. The summed E-state index contributed by atoms with van der Waals surface area (Å²) in [6.45, 7) is 1.96. The molecule has 0 aliphatic heterocycles. The minimum Gasteiger partial charge on any atom is -0.274 e. The molecular weight excluding hydrogens is 223 g/mol. The van der Waals surface area contributed by atoms with Crippen molar-refractivity contribution in [3.63, 3.8) is 0 Å². The molecule has 0 heterocycles. The molecule has 1 aromatic rings. The zero-order valence-corrected chi connectivity index (χ0v) is 8.47. The molecule has 0 bridgehead atoms. The van der Waals surface area contributed by atoms with Gasteiger partial charge in [0.1, 0.15) is 0 Å². The monoisotopic (exact) mass is 233 g/mol. The maximum Gasteiger partial charge on any atom is 0.416 e. The van der Waals surface area contributed by atoms with Gasteiger partial charge in [-0.2, -0.15) is 13.2 Å². The molecule has 0 saturated carbocycles. The van der Waals surface area contributed by atoms with Crippen molar-refractivity contribution in [1.82, 2.24) is 5.48 Å². The molecule has 0 unspecified atom stereocenters. The number of benzene rings is 1. The summed E-state index contributed by atoms with van der Waals surface area (Å²) in [5.74, 6) is -0.574. The Bertz CT molecular complexity index is 359. The van der Waals surface area contributed by atoms with Crippen molar-refractivity contribution >= 4 is 5.91 Å². The highest BCUT2D eigenvalue weighted by molar-refractivity contribution is 5.93. The number of carbonyl (C=O) groups is 1. The molecule has 0 aliphatic rings. The van der Waals surface area contributed by atoms with Crippen LogP contribution in [-0.4, -0.2) is 12.5 Å². The normalized spacial score (nSPS) is 11.2. The van der Waals surface area contributed by atoms with Gasteiger partial charge >= 0.3 is 6.18 Å². The molecule has 0 aromatic heterocycles. The maximum absolute atomic E-state index is 12.2. The highest BCUT2D eigenvalue weighted by Crippen LogP contribution is 2.28. The van der Waals surface area contributed by atoms with E-state index in [1.165, 1.54) is 0 Å². The summed E-state index contributed by atoms with van der Waals surface area (Å²) >= 11 is 0. The Labute approximate surface area is 90.2 Å². The molecule has 0 fully saturated rings. The Hall–Kier alpha value is -1.56. The largest absolute Gasteiger partial charge is 0.416 e. The first-order valence-electron chi connectivity index (χ1n) is 4.54. The van der Waals surface area contributed by atoms with E-state index < -0.39 is 17.6 Å². The summed E-state index contributed by atoms with van der Waals surface area (Å²) in [6, 6.07) is 3.88. The lowest BCUT2D eigenvalue weighted by Crippen LogP contribution is -2.23. The van der Waals surface area contributed by atoms with E-state index in [4.69, 9.17) is 0 Å². The molecule has 0 aliphatic carbocycles. The van der Waals surface area contributed by atoms with Crippen LogP contribution in [-0.2, 0) is 11.0 Å². The van der Waals surface area contributed by atoms with Gasteiger partial charge in [-0.15, -0.1) is 0 Å². The Morgan fingerprint density at radius 2 is 1.88 bits per heavy atom. The van der Waals surface area contributed by atoms with Gasteiger partial charge < -0.3 is 0 Å². The number of hydroxylamine groups is 1. The van der Waals surface area contributed by atoms with Gasteiger partial charge in [0.2, 0.25) is 0 Å². The minimum atomic E-state index is -4.39. The standard InChI is InChI=1S/C10H10F3NO2/c1-2-16-14-9(15)7-3-5-8(6-4-7)10(11,12)13/h3-6H,2H2,1H3,(H,14,15). The summed E-state index contributed by atoms with van der Waals surface area (Å²) < 4.78 is 36.6. The van der Waals surface area contributed by atoms with Gasteiger partial charge in [0, 0.05) is 5.56 Å². The fourth-order valence-corrected chi connectivity index (χ4v) is 1.01. The number of hydrogen-bond acceptors (Lipinski definition) is 2. The predicted octanol–water partition coefficient (Wildman–Crippen LogP) is 2.39. The number of rotatable bonds is 3. The number of nitrogens with one attached hydrogen (secondary N) is 1. The molecule has 0 atom stereocenters. The van der Waals surface area contributed by atoms with Crippen LogP contribution in [0.5, 0.6) is 0 Å². The van der Waals surface area contributed by atoms with E-state index in [-0.39, 0.29) is 12.2 Å². The molecule has 1 amide bonds. The molecule has 0 saturated heterocycles. The lowest BCUT2D eigenvalue weighted by molar-refractivity contribution is -0.137. The van der Waals surface area contributed by atoms with Crippen molar-refractivity contribution in [2.24, 2.45) is 0 Å². The third-order valence-electron chi connectivity index (χ3n) is 1.78. The van der Waals surface area contributed by atoms with Gasteiger partial charge in [0.05, 0.1) is 12.2 Å². The van der Waals surface area contributed by atoms with Crippen LogP contribution in [0.2, 0.25) is 0 Å². The topological polar surface area (TPSA) is 38.3 Å². The van der Waals surface area contributed by atoms with Crippen LogP contribution in [0.3, 0.4) is 0 Å². The Morgan fingerprint density at radius 1 is 1.31 bits per heavy atom. The number of hydrogen-bond donors (Lipinski definition) is 1. The first-order valence-corrected chi connectivity index (χ1v) is 4.54. The fourth-order valence-electron chi connectivity index (χ4n) is 1.01. The van der Waals surface area contributed by atoms with Gasteiger partial charge in [0.25, 0.3) is 5.91 Å². The van der Waals surface area contributed by atoms with Gasteiger partial charge in [-0.05, 0) is 31.2 Å². The second kappa shape index (κ2) is 4.98. The van der Waals surface area contributed by atoms with E-state index in [0.717, 1.165) is 24.3 Å². The first-order chi connectivity index (χ1) is 7.45. The Kier molecular flexibility index (Phi) is 3.89. The second-order valence-electron chi connectivity index (χ2n) is 2.94. The van der Waals surface area contributed by atoms with Crippen LogP contribution in [0.4, 0.5) is 13.2 Å². The molecule has 0 spiro atoms. The van der Waals surface area contributed by atoms with E-state index in [0.29, 0.717) is 0 Å². The smallest absolute Gasteiger partial charge is 0.274 e. The second-order valence-corrected chi connectivity index (χ2v) is 2.94. The molecule has 16 heavy (non-hydrogen) atoms.